The lowest BCUT2D eigenvalue weighted by Gasteiger charge is -2.39. The van der Waals surface area contributed by atoms with Crippen LogP contribution in [-0.4, -0.2) is 84.0 Å². The first kappa shape index (κ1) is 29.2. The van der Waals surface area contributed by atoms with E-state index in [9.17, 15) is 48.2 Å². The van der Waals surface area contributed by atoms with E-state index in [0.29, 0.717) is 5.52 Å². The lowest BCUT2D eigenvalue weighted by molar-refractivity contribution is 0.0462. The minimum Gasteiger partial charge on any atom is -0.477 e. The number of aromatic nitrogens is 1. The minimum atomic E-state index is -5.70. The molecule has 7 N–H and O–H groups in total. The Morgan fingerprint density at radius 2 is 1.67 bits per heavy atom. The van der Waals surface area contributed by atoms with Gasteiger partial charge >= 0.3 is 32.3 Å². The van der Waals surface area contributed by atoms with Crippen LogP contribution in [0.5, 0.6) is 0 Å². The van der Waals surface area contributed by atoms with Crippen LogP contribution < -0.4 is 16.1 Å². The summed E-state index contributed by atoms with van der Waals surface area (Å²) in [6.07, 6.45) is 0.383. The lowest BCUT2D eigenvalue weighted by Crippen LogP contribution is -2.51. The third-order valence-electron chi connectivity index (χ3n) is 6.78. The van der Waals surface area contributed by atoms with Gasteiger partial charge < -0.3 is 49.5 Å². The highest BCUT2D eigenvalue weighted by Crippen LogP contribution is 2.71. The molecule has 2 heterocycles. The first-order valence-corrected chi connectivity index (χ1v) is 15.0. The average Bonchev–Trinajstić information content (AvgIpc) is 3.68. The predicted octanol–water partition coefficient (Wildman–Crippen LogP) is 0.790. The Morgan fingerprint density at radius 1 is 1.08 bits per heavy atom. The second-order valence-electron chi connectivity index (χ2n) is 9.35. The monoisotopic (exact) mass is 592 g/mol. The standard InChI is InChI=1S/C21H27FN4O11P2/c22-15-9-13-16(26(12-1-2-12)11-14(18(13)27)19(28)29)10-17(15)24-5-7-25(8-6-24)20(30)37-21(3-4-23,38(31,32)33)39(34,35)36/h9-12H,1-8,23H2,(H,28,29)(H2,31,32,33)(H2,34,35,36). The maximum Gasteiger partial charge on any atom is 0.411 e. The fraction of sp³-hybridized carbons (Fsp3) is 0.476. The number of benzene rings is 1. The molecule has 2 aliphatic rings. The Labute approximate surface area is 219 Å². The molecule has 0 atom stereocenters. The maximum atomic E-state index is 15.2. The summed E-state index contributed by atoms with van der Waals surface area (Å²) >= 11 is 0. The zero-order chi connectivity index (χ0) is 28.9. The number of nitrogens with two attached hydrogens (primary N) is 1. The van der Waals surface area contributed by atoms with Crippen LogP contribution in [0.2, 0.25) is 0 Å². The van der Waals surface area contributed by atoms with E-state index >= 15 is 4.39 Å². The van der Waals surface area contributed by atoms with Crippen LogP contribution in [0, 0.1) is 5.82 Å². The Hall–Kier alpha value is -2.84. The lowest BCUT2D eigenvalue weighted by atomic mass is 10.1. The van der Waals surface area contributed by atoms with Crippen molar-refractivity contribution in [2.75, 3.05) is 37.6 Å². The topological polar surface area (TPSA) is 233 Å². The van der Waals surface area contributed by atoms with Gasteiger partial charge in [0.1, 0.15) is 11.4 Å². The highest BCUT2D eigenvalue weighted by molar-refractivity contribution is 7.72. The summed E-state index contributed by atoms with van der Waals surface area (Å²) in [7, 11) is -11.4. The first-order chi connectivity index (χ1) is 18.1. The molecular weight excluding hydrogens is 565 g/mol. The normalized spacial score (nSPS) is 17.0. The molecule has 2 fully saturated rings. The van der Waals surface area contributed by atoms with Gasteiger partial charge in [-0.3, -0.25) is 13.9 Å². The van der Waals surface area contributed by atoms with E-state index in [1.807, 2.05) is 0 Å². The number of carboxylic acids is 1. The number of rotatable bonds is 8. The van der Waals surface area contributed by atoms with Crippen molar-refractivity contribution in [1.29, 1.82) is 0 Å². The number of halogens is 1. The van der Waals surface area contributed by atoms with Crippen molar-refractivity contribution in [2.45, 2.75) is 30.4 Å². The van der Waals surface area contributed by atoms with Crippen molar-refractivity contribution >= 4 is 43.8 Å². The number of hydrogen-bond acceptors (Lipinski definition) is 8. The fourth-order valence-electron chi connectivity index (χ4n) is 4.56. The van der Waals surface area contributed by atoms with Gasteiger partial charge in [0, 0.05) is 50.2 Å². The van der Waals surface area contributed by atoms with Crippen LogP contribution in [0.3, 0.4) is 0 Å². The van der Waals surface area contributed by atoms with Gasteiger partial charge in [0.05, 0.1) is 11.2 Å². The summed E-state index contributed by atoms with van der Waals surface area (Å²) in [5.41, 5.74) is 4.42. The SMILES string of the molecule is NCCC(OC(=O)N1CCN(c2cc3c(cc2F)c(=O)c(C(=O)O)cn3C2CC2)CC1)(P(=O)(O)O)P(=O)(O)O. The molecule has 4 rings (SSSR count). The van der Waals surface area contributed by atoms with Crippen molar-refractivity contribution in [3.63, 3.8) is 0 Å². The predicted molar refractivity (Wildman–Crippen MR) is 134 cm³/mol. The number of fused-ring (bicyclic) bond motifs is 1. The molecule has 39 heavy (non-hydrogen) atoms. The van der Waals surface area contributed by atoms with Crippen molar-refractivity contribution in [2.24, 2.45) is 5.73 Å². The van der Waals surface area contributed by atoms with Crippen LogP contribution in [0.4, 0.5) is 14.9 Å². The van der Waals surface area contributed by atoms with Crippen LogP contribution in [0.25, 0.3) is 10.9 Å². The molecule has 1 aliphatic carbocycles. The number of carboxylic acid groups (broad SMARTS) is 1. The smallest absolute Gasteiger partial charge is 0.411 e. The second kappa shape index (κ2) is 10.3. The molecule has 0 bridgehead atoms. The molecule has 0 spiro atoms. The summed E-state index contributed by atoms with van der Waals surface area (Å²) in [5.74, 6) is -2.22. The molecule has 18 heteroatoms. The molecule has 1 aromatic heterocycles. The molecule has 1 aliphatic heterocycles. The highest BCUT2D eigenvalue weighted by Gasteiger charge is 2.64. The van der Waals surface area contributed by atoms with E-state index < -0.39 is 62.1 Å². The van der Waals surface area contributed by atoms with Crippen molar-refractivity contribution in [3.05, 3.63) is 39.9 Å². The van der Waals surface area contributed by atoms with Gasteiger partial charge in [-0.2, -0.15) is 0 Å². The molecule has 1 aromatic carbocycles. The highest BCUT2D eigenvalue weighted by atomic mass is 31.2. The molecule has 0 unspecified atom stereocenters. The molecule has 1 saturated heterocycles. The molecule has 2 aromatic rings. The Balaban J connectivity index is 1.58. The average molecular weight is 592 g/mol. The summed E-state index contributed by atoms with van der Waals surface area (Å²) in [5, 5.41) is 5.85. The molecule has 214 valence electrons. The number of carbonyl (C=O) groups is 2. The van der Waals surface area contributed by atoms with Gasteiger partial charge in [-0.05, 0) is 31.5 Å². The Morgan fingerprint density at radius 3 is 2.15 bits per heavy atom. The number of amides is 1. The number of anilines is 1. The Kier molecular flexibility index (Phi) is 7.69. The largest absolute Gasteiger partial charge is 0.477 e. The summed E-state index contributed by atoms with van der Waals surface area (Å²) in [4.78, 5) is 78.0. The number of ether oxygens (including phenoxy) is 1. The molecule has 1 saturated carbocycles. The van der Waals surface area contributed by atoms with E-state index in [1.165, 1.54) is 12.3 Å². The van der Waals surface area contributed by atoms with Crippen LogP contribution >= 0.6 is 15.2 Å². The summed E-state index contributed by atoms with van der Waals surface area (Å²) in [6, 6.07) is 2.37. The van der Waals surface area contributed by atoms with Crippen molar-refractivity contribution in [3.8, 4) is 0 Å². The van der Waals surface area contributed by atoms with Gasteiger partial charge in [0.2, 0.25) is 5.43 Å². The number of hydrogen-bond donors (Lipinski definition) is 6. The number of aromatic carboxylic acids is 1. The van der Waals surface area contributed by atoms with E-state index in [1.54, 1.807) is 9.47 Å². The fourth-order valence-corrected chi connectivity index (χ4v) is 7.15. The first-order valence-electron chi connectivity index (χ1n) is 11.8. The van der Waals surface area contributed by atoms with Crippen LogP contribution in [-0.2, 0) is 13.9 Å². The summed E-state index contributed by atoms with van der Waals surface area (Å²) < 4.78 is 45.6. The summed E-state index contributed by atoms with van der Waals surface area (Å²) in [6.45, 7) is -0.934. The van der Waals surface area contributed by atoms with Crippen LogP contribution in [0.15, 0.2) is 23.1 Å². The second-order valence-corrected chi connectivity index (χ2v) is 13.3. The van der Waals surface area contributed by atoms with E-state index in [4.69, 9.17) is 10.5 Å². The van der Waals surface area contributed by atoms with E-state index in [0.717, 1.165) is 23.8 Å². The quantitative estimate of drug-likeness (QED) is 0.233. The van der Waals surface area contributed by atoms with Gasteiger partial charge in [0.25, 0.3) is 0 Å². The minimum absolute atomic E-state index is 0.00585. The maximum absolute atomic E-state index is 15.2. The molecular formula is C21H27FN4O11P2. The molecule has 15 nitrogen and oxygen atoms in total. The third-order valence-corrected chi connectivity index (χ3v) is 10.8. The number of piperazine rings is 1. The molecule has 1 amide bonds. The van der Waals surface area contributed by atoms with Gasteiger partial charge in [0.15, 0.2) is 0 Å². The Bertz CT molecular complexity index is 1450. The third kappa shape index (κ3) is 5.33. The number of pyridine rings is 1. The number of carbonyl (C=O) groups excluding carboxylic acids is 1. The number of nitrogens with zero attached hydrogens (tertiary/aromatic N) is 3. The van der Waals surface area contributed by atoms with E-state index in [-0.39, 0.29) is 43.3 Å². The zero-order valence-electron chi connectivity index (χ0n) is 20.3. The van der Waals surface area contributed by atoms with Crippen molar-refractivity contribution < 1.29 is 52.5 Å². The van der Waals surface area contributed by atoms with E-state index in [2.05, 4.69) is 0 Å². The zero-order valence-corrected chi connectivity index (χ0v) is 22.1. The van der Waals surface area contributed by atoms with Crippen LogP contribution in [0.1, 0.15) is 35.7 Å². The van der Waals surface area contributed by atoms with Gasteiger partial charge in [-0.15, -0.1) is 0 Å². The van der Waals surface area contributed by atoms with Crippen molar-refractivity contribution in [1.82, 2.24) is 9.47 Å². The molecule has 0 radical (unpaired) electrons. The van der Waals surface area contributed by atoms with Gasteiger partial charge in [-0.1, -0.05) is 0 Å². The van der Waals surface area contributed by atoms with Gasteiger partial charge in [-0.25, -0.2) is 14.0 Å².